The molecule has 0 aliphatic heterocycles. The first-order valence-electron chi connectivity index (χ1n) is 6.82. The van der Waals surface area contributed by atoms with Crippen molar-refractivity contribution in [2.45, 2.75) is 18.7 Å². The van der Waals surface area contributed by atoms with Crippen molar-refractivity contribution >= 4 is 21.9 Å². The summed E-state index contributed by atoms with van der Waals surface area (Å²) >= 11 is 0. The number of amides is 1. The molecule has 0 saturated heterocycles. The van der Waals surface area contributed by atoms with Gasteiger partial charge in [0.2, 0.25) is 15.9 Å². The second-order valence-corrected chi connectivity index (χ2v) is 7.21. The highest BCUT2D eigenvalue weighted by Gasteiger charge is 2.48. The topological polar surface area (TPSA) is 113 Å². The smallest absolute Gasteiger partial charge is 0.307 e. The second-order valence-electron chi connectivity index (χ2n) is 5.28. The number of carbonyl (C=O) groups is 2. The van der Waals surface area contributed by atoms with Crippen molar-refractivity contribution in [2.75, 3.05) is 7.05 Å². The zero-order valence-electron chi connectivity index (χ0n) is 12.1. The van der Waals surface area contributed by atoms with Crippen LogP contribution in [-0.2, 0) is 31.9 Å². The Morgan fingerprint density at radius 1 is 1.18 bits per heavy atom. The molecule has 22 heavy (non-hydrogen) atoms. The molecule has 0 spiro atoms. The number of hydrogen-bond acceptors (Lipinski definition) is 4. The summed E-state index contributed by atoms with van der Waals surface area (Å²) in [7, 11) is -1.94. The lowest BCUT2D eigenvalue weighted by molar-refractivity contribution is -0.140. The number of carboxylic acids is 1. The van der Waals surface area contributed by atoms with Crippen LogP contribution < -0.4 is 10.0 Å². The van der Waals surface area contributed by atoms with Crippen LogP contribution in [0.4, 0.5) is 0 Å². The van der Waals surface area contributed by atoms with Gasteiger partial charge in [-0.25, -0.2) is 13.1 Å². The number of aliphatic carboxylic acids is 1. The maximum Gasteiger partial charge on any atom is 0.307 e. The molecule has 1 saturated carbocycles. The van der Waals surface area contributed by atoms with Crippen LogP contribution in [0.3, 0.4) is 0 Å². The van der Waals surface area contributed by atoms with Crippen LogP contribution in [0.5, 0.6) is 0 Å². The van der Waals surface area contributed by atoms with Crippen molar-refractivity contribution in [3.05, 3.63) is 35.4 Å². The molecule has 0 unspecified atom stereocenters. The highest BCUT2D eigenvalue weighted by atomic mass is 32.2. The van der Waals surface area contributed by atoms with Crippen LogP contribution in [0, 0.1) is 11.8 Å². The molecule has 1 aromatic carbocycles. The first kappa shape index (κ1) is 16.4. The third-order valence-electron chi connectivity index (χ3n) is 3.60. The van der Waals surface area contributed by atoms with Gasteiger partial charge in [0.05, 0.1) is 17.6 Å². The third-order valence-corrected chi connectivity index (χ3v) is 4.94. The van der Waals surface area contributed by atoms with Gasteiger partial charge in [0.25, 0.3) is 0 Å². The van der Waals surface area contributed by atoms with Gasteiger partial charge in [-0.2, -0.15) is 0 Å². The Balaban J connectivity index is 1.84. The fourth-order valence-electron chi connectivity index (χ4n) is 2.12. The van der Waals surface area contributed by atoms with Crippen molar-refractivity contribution in [1.82, 2.24) is 10.0 Å². The van der Waals surface area contributed by atoms with E-state index in [2.05, 4.69) is 10.0 Å². The molecule has 8 heteroatoms. The molecule has 0 bridgehead atoms. The molecule has 2 atom stereocenters. The summed E-state index contributed by atoms with van der Waals surface area (Å²) in [6.07, 6.45) is 0.391. The van der Waals surface area contributed by atoms with Gasteiger partial charge in [-0.05, 0) is 24.6 Å². The number of hydrogen-bond donors (Lipinski definition) is 3. The van der Waals surface area contributed by atoms with E-state index in [0.29, 0.717) is 18.5 Å². The zero-order chi connectivity index (χ0) is 16.3. The van der Waals surface area contributed by atoms with Gasteiger partial charge >= 0.3 is 5.97 Å². The largest absolute Gasteiger partial charge is 0.481 e. The van der Waals surface area contributed by atoms with Gasteiger partial charge in [-0.1, -0.05) is 24.3 Å². The second kappa shape index (κ2) is 6.45. The van der Waals surface area contributed by atoms with Crippen molar-refractivity contribution in [3.8, 4) is 0 Å². The quantitative estimate of drug-likeness (QED) is 0.656. The predicted octanol–water partition coefficient (Wildman–Crippen LogP) is 0.0727. The monoisotopic (exact) mass is 326 g/mol. The molecule has 3 N–H and O–H groups in total. The zero-order valence-corrected chi connectivity index (χ0v) is 12.9. The minimum Gasteiger partial charge on any atom is -0.481 e. The number of benzene rings is 1. The molecule has 1 aliphatic carbocycles. The van der Waals surface area contributed by atoms with E-state index in [1.165, 1.54) is 7.05 Å². The fraction of sp³-hybridized carbons (Fsp3) is 0.429. The normalized spacial score (nSPS) is 20.4. The first-order valence-corrected chi connectivity index (χ1v) is 8.47. The van der Waals surface area contributed by atoms with Crippen LogP contribution >= 0.6 is 0 Å². The Kier molecular flexibility index (Phi) is 4.82. The Labute approximate surface area is 128 Å². The first-order chi connectivity index (χ1) is 10.3. The lowest BCUT2D eigenvalue weighted by Crippen LogP contribution is -2.26. The molecule has 1 fully saturated rings. The summed E-state index contributed by atoms with van der Waals surface area (Å²) in [6, 6.07) is 6.85. The minimum atomic E-state index is -3.30. The van der Waals surface area contributed by atoms with Crippen molar-refractivity contribution in [2.24, 2.45) is 11.8 Å². The molecular formula is C14H18N2O5S. The molecular weight excluding hydrogens is 308 g/mol. The highest BCUT2D eigenvalue weighted by molar-refractivity contribution is 7.88. The number of rotatable bonds is 7. The molecule has 1 aromatic rings. The molecule has 0 heterocycles. The number of carboxylic acid groups (broad SMARTS) is 1. The average molecular weight is 326 g/mol. The Hall–Kier alpha value is -1.93. The van der Waals surface area contributed by atoms with E-state index >= 15 is 0 Å². The van der Waals surface area contributed by atoms with E-state index in [1.54, 1.807) is 24.3 Å². The molecule has 1 amide bonds. The molecule has 120 valence electrons. The van der Waals surface area contributed by atoms with Crippen molar-refractivity contribution in [3.63, 3.8) is 0 Å². The van der Waals surface area contributed by atoms with Gasteiger partial charge in [0.1, 0.15) is 0 Å². The van der Waals surface area contributed by atoms with E-state index in [-0.39, 0.29) is 11.7 Å². The van der Waals surface area contributed by atoms with Crippen LogP contribution in [0.15, 0.2) is 24.3 Å². The molecule has 7 nitrogen and oxygen atoms in total. The Morgan fingerprint density at radius 3 is 2.27 bits per heavy atom. The molecule has 1 aliphatic rings. The standard InChI is InChI=1S/C14H18N2O5S/c1-15-22(20,21)8-10-4-2-9(3-5-10)7-16-13(17)11-6-12(11)14(18)19/h2-5,11-12,15H,6-8H2,1H3,(H,16,17)(H,18,19)/t11-,12-/m0/s1. The summed E-state index contributed by atoms with van der Waals surface area (Å²) in [4.78, 5) is 22.4. The summed E-state index contributed by atoms with van der Waals surface area (Å²) in [5.41, 5.74) is 1.48. The molecule has 2 rings (SSSR count). The minimum absolute atomic E-state index is 0.0987. The summed E-state index contributed by atoms with van der Waals surface area (Å²) < 4.78 is 25.1. The van der Waals surface area contributed by atoms with Gasteiger partial charge in [-0.15, -0.1) is 0 Å². The number of nitrogens with one attached hydrogen (secondary N) is 2. The highest BCUT2D eigenvalue weighted by Crippen LogP contribution is 2.38. The fourth-order valence-corrected chi connectivity index (χ4v) is 2.90. The van der Waals surface area contributed by atoms with Gasteiger partial charge < -0.3 is 10.4 Å². The Bertz CT molecular complexity index is 669. The van der Waals surface area contributed by atoms with E-state index < -0.39 is 27.8 Å². The van der Waals surface area contributed by atoms with E-state index in [4.69, 9.17) is 5.11 Å². The van der Waals surface area contributed by atoms with Crippen LogP contribution in [0.1, 0.15) is 17.5 Å². The number of sulfonamides is 1. The van der Waals surface area contributed by atoms with Gasteiger partial charge in [-0.3, -0.25) is 9.59 Å². The van der Waals surface area contributed by atoms with Gasteiger partial charge in [0.15, 0.2) is 0 Å². The average Bonchev–Trinajstić information content (AvgIpc) is 3.26. The lowest BCUT2D eigenvalue weighted by Gasteiger charge is -2.06. The summed E-state index contributed by atoms with van der Waals surface area (Å²) in [6.45, 7) is 0.292. The maximum absolute atomic E-state index is 11.7. The summed E-state index contributed by atoms with van der Waals surface area (Å²) in [5, 5.41) is 11.5. The van der Waals surface area contributed by atoms with Crippen LogP contribution in [-0.4, -0.2) is 32.4 Å². The maximum atomic E-state index is 11.7. The summed E-state index contributed by atoms with van der Waals surface area (Å²) in [5.74, 6) is -2.28. The Morgan fingerprint density at radius 2 is 1.77 bits per heavy atom. The third kappa shape index (κ3) is 4.28. The van der Waals surface area contributed by atoms with Crippen LogP contribution in [0.25, 0.3) is 0 Å². The lowest BCUT2D eigenvalue weighted by atomic mass is 10.1. The van der Waals surface area contributed by atoms with E-state index in [0.717, 1.165) is 5.56 Å². The molecule has 0 aromatic heterocycles. The van der Waals surface area contributed by atoms with E-state index in [1.807, 2.05) is 0 Å². The van der Waals surface area contributed by atoms with E-state index in [9.17, 15) is 18.0 Å². The SMILES string of the molecule is CNS(=O)(=O)Cc1ccc(CNC(=O)[C@H]2C[C@@H]2C(=O)O)cc1. The molecule has 0 radical (unpaired) electrons. The van der Waals surface area contributed by atoms with Crippen molar-refractivity contribution in [1.29, 1.82) is 0 Å². The number of carbonyl (C=O) groups excluding carboxylic acids is 1. The predicted molar refractivity (Wildman–Crippen MR) is 79.2 cm³/mol. The van der Waals surface area contributed by atoms with Gasteiger partial charge in [0, 0.05) is 6.54 Å². The van der Waals surface area contributed by atoms with Crippen LogP contribution in [0.2, 0.25) is 0 Å². The van der Waals surface area contributed by atoms with Crippen molar-refractivity contribution < 1.29 is 23.1 Å².